The van der Waals surface area contributed by atoms with Gasteiger partial charge in [-0.1, -0.05) is 55.3 Å². The fourth-order valence-corrected chi connectivity index (χ4v) is 3.07. The van der Waals surface area contributed by atoms with Gasteiger partial charge in [0.15, 0.2) is 0 Å². The Kier molecular flexibility index (Phi) is 5.05. The fraction of sp³-hybridized carbons (Fsp3) is 0.500. The molecule has 23 heavy (non-hydrogen) atoms. The van der Waals surface area contributed by atoms with Crippen molar-refractivity contribution in [2.24, 2.45) is 0 Å². The van der Waals surface area contributed by atoms with Gasteiger partial charge in [0, 0.05) is 18.5 Å². The van der Waals surface area contributed by atoms with Crippen molar-refractivity contribution in [2.75, 3.05) is 6.54 Å². The number of rotatable bonds is 6. The lowest BCUT2D eigenvalue weighted by atomic mass is 10.1. The van der Waals surface area contributed by atoms with Crippen molar-refractivity contribution in [2.45, 2.75) is 51.5 Å². The van der Waals surface area contributed by atoms with Crippen LogP contribution in [0.1, 0.15) is 57.4 Å². The van der Waals surface area contributed by atoms with Crippen LogP contribution in [0.3, 0.4) is 0 Å². The standard InChI is InChI=1S/C18H23N3O2/c1-2-3-5-12-16(22)21-13-8-11-15(21)18-19-17(20-23-18)14-9-6-4-7-10-14/h4,6-7,9-10,15H,2-3,5,8,11-13H2,1H3/t15-/m0/s1. The van der Waals surface area contributed by atoms with E-state index >= 15 is 0 Å². The summed E-state index contributed by atoms with van der Waals surface area (Å²) < 4.78 is 5.45. The van der Waals surface area contributed by atoms with Gasteiger partial charge in [-0.05, 0) is 19.3 Å². The molecule has 1 aromatic carbocycles. The van der Waals surface area contributed by atoms with Gasteiger partial charge in [0.1, 0.15) is 6.04 Å². The minimum absolute atomic E-state index is 0.0610. The third-order valence-electron chi connectivity index (χ3n) is 4.33. The summed E-state index contributed by atoms with van der Waals surface area (Å²) in [6.07, 6.45) is 5.69. The molecule has 1 aliphatic rings. The van der Waals surface area contributed by atoms with E-state index in [1.54, 1.807) is 0 Å². The molecule has 1 amide bonds. The Bertz CT molecular complexity index is 639. The molecule has 5 heteroatoms. The predicted octanol–water partition coefficient (Wildman–Crippen LogP) is 3.98. The van der Waals surface area contributed by atoms with Gasteiger partial charge in [0.25, 0.3) is 0 Å². The number of hydrogen-bond acceptors (Lipinski definition) is 4. The first-order chi connectivity index (χ1) is 11.3. The van der Waals surface area contributed by atoms with E-state index in [9.17, 15) is 4.79 Å². The number of aromatic nitrogens is 2. The van der Waals surface area contributed by atoms with Crippen molar-refractivity contribution in [3.63, 3.8) is 0 Å². The summed E-state index contributed by atoms with van der Waals surface area (Å²) in [5.41, 5.74) is 0.932. The molecule has 3 rings (SSSR count). The Morgan fingerprint density at radius 1 is 1.30 bits per heavy atom. The quantitative estimate of drug-likeness (QED) is 0.757. The van der Waals surface area contributed by atoms with E-state index < -0.39 is 0 Å². The number of nitrogens with zero attached hydrogens (tertiary/aromatic N) is 3. The number of amides is 1. The van der Waals surface area contributed by atoms with Crippen LogP contribution in [-0.4, -0.2) is 27.5 Å². The molecule has 0 N–H and O–H groups in total. The van der Waals surface area contributed by atoms with Gasteiger partial charge >= 0.3 is 0 Å². The highest BCUT2D eigenvalue weighted by Crippen LogP contribution is 2.32. The van der Waals surface area contributed by atoms with Crippen LogP contribution in [-0.2, 0) is 4.79 Å². The van der Waals surface area contributed by atoms with Gasteiger partial charge in [0.2, 0.25) is 17.6 Å². The maximum absolute atomic E-state index is 12.4. The molecule has 1 aromatic heterocycles. The lowest BCUT2D eigenvalue weighted by Crippen LogP contribution is -2.30. The maximum atomic E-state index is 12.4. The van der Waals surface area contributed by atoms with Gasteiger partial charge in [-0.3, -0.25) is 4.79 Å². The van der Waals surface area contributed by atoms with Crippen LogP contribution in [0.15, 0.2) is 34.9 Å². The van der Waals surface area contributed by atoms with Gasteiger partial charge in [0.05, 0.1) is 0 Å². The molecular weight excluding hydrogens is 290 g/mol. The summed E-state index contributed by atoms with van der Waals surface area (Å²) in [7, 11) is 0. The van der Waals surface area contributed by atoms with E-state index in [1.165, 1.54) is 0 Å². The van der Waals surface area contributed by atoms with Crippen LogP contribution in [0.2, 0.25) is 0 Å². The second-order valence-corrected chi connectivity index (χ2v) is 6.02. The van der Waals surface area contributed by atoms with Gasteiger partial charge in [-0.2, -0.15) is 4.98 Å². The fourth-order valence-electron chi connectivity index (χ4n) is 3.07. The molecule has 1 atom stereocenters. The third kappa shape index (κ3) is 3.60. The molecule has 0 aliphatic carbocycles. The highest BCUT2D eigenvalue weighted by molar-refractivity contribution is 5.76. The molecule has 1 saturated heterocycles. The molecule has 1 aliphatic heterocycles. The summed E-state index contributed by atoms with van der Waals surface area (Å²) in [6, 6.07) is 9.70. The summed E-state index contributed by atoms with van der Waals surface area (Å²) in [5.74, 6) is 1.36. The normalized spacial score (nSPS) is 17.6. The predicted molar refractivity (Wildman–Crippen MR) is 87.6 cm³/mol. The van der Waals surface area contributed by atoms with Crippen LogP contribution < -0.4 is 0 Å². The van der Waals surface area contributed by atoms with Crippen LogP contribution in [0.4, 0.5) is 0 Å². The van der Waals surface area contributed by atoms with E-state index in [-0.39, 0.29) is 11.9 Å². The molecule has 0 spiro atoms. The van der Waals surface area contributed by atoms with E-state index in [4.69, 9.17) is 4.52 Å². The Labute approximate surface area is 136 Å². The molecule has 0 radical (unpaired) electrons. The molecular formula is C18H23N3O2. The molecule has 122 valence electrons. The van der Waals surface area contributed by atoms with Gasteiger partial charge in [-0.15, -0.1) is 0 Å². The first kappa shape index (κ1) is 15.7. The number of likely N-dealkylation sites (tertiary alicyclic amines) is 1. The molecule has 1 fully saturated rings. The second-order valence-electron chi connectivity index (χ2n) is 6.02. The van der Waals surface area contributed by atoms with Gasteiger partial charge < -0.3 is 9.42 Å². The van der Waals surface area contributed by atoms with E-state index in [0.717, 1.165) is 44.2 Å². The number of unbranched alkanes of at least 4 members (excludes halogenated alkanes) is 2. The highest BCUT2D eigenvalue weighted by Gasteiger charge is 2.33. The maximum Gasteiger partial charge on any atom is 0.249 e. The highest BCUT2D eigenvalue weighted by atomic mass is 16.5. The minimum Gasteiger partial charge on any atom is -0.337 e. The first-order valence-corrected chi connectivity index (χ1v) is 8.48. The van der Waals surface area contributed by atoms with Crippen molar-refractivity contribution >= 4 is 5.91 Å². The average molecular weight is 313 g/mol. The van der Waals surface area contributed by atoms with Crippen molar-refractivity contribution < 1.29 is 9.32 Å². The monoisotopic (exact) mass is 313 g/mol. The lowest BCUT2D eigenvalue weighted by Gasteiger charge is -2.21. The minimum atomic E-state index is -0.0610. The smallest absolute Gasteiger partial charge is 0.249 e. The SMILES string of the molecule is CCCCCC(=O)N1CCC[C@H]1c1nc(-c2ccccc2)no1. The molecule has 0 bridgehead atoms. The molecule has 2 heterocycles. The van der Waals surface area contributed by atoms with Crippen LogP contribution in [0.25, 0.3) is 11.4 Å². The third-order valence-corrected chi connectivity index (χ3v) is 4.33. The van der Waals surface area contributed by atoms with Crippen molar-refractivity contribution in [3.8, 4) is 11.4 Å². The Balaban J connectivity index is 1.71. The van der Waals surface area contributed by atoms with Crippen molar-refractivity contribution in [1.82, 2.24) is 15.0 Å². The van der Waals surface area contributed by atoms with E-state index in [1.807, 2.05) is 35.2 Å². The summed E-state index contributed by atoms with van der Waals surface area (Å²) in [4.78, 5) is 18.9. The zero-order chi connectivity index (χ0) is 16.1. The van der Waals surface area contributed by atoms with Crippen molar-refractivity contribution in [3.05, 3.63) is 36.2 Å². The Hall–Kier alpha value is -2.17. The lowest BCUT2D eigenvalue weighted by molar-refractivity contribution is -0.132. The van der Waals surface area contributed by atoms with Crippen molar-refractivity contribution in [1.29, 1.82) is 0 Å². The molecule has 2 aromatic rings. The molecule has 5 nitrogen and oxygen atoms in total. The second kappa shape index (κ2) is 7.40. The van der Waals surface area contributed by atoms with E-state index in [0.29, 0.717) is 18.1 Å². The first-order valence-electron chi connectivity index (χ1n) is 8.48. The van der Waals surface area contributed by atoms with Gasteiger partial charge in [-0.25, -0.2) is 0 Å². The largest absolute Gasteiger partial charge is 0.337 e. The van der Waals surface area contributed by atoms with E-state index in [2.05, 4.69) is 17.1 Å². The average Bonchev–Trinajstić information content (AvgIpc) is 3.25. The molecule has 0 unspecified atom stereocenters. The Morgan fingerprint density at radius 2 is 2.13 bits per heavy atom. The summed E-state index contributed by atoms with van der Waals surface area (Å²) >= 11 is 0. The summed E-state index contributed by atoms with van der Waals surface area (Å²) in [5, 5.41) is 4.08. The van der Waals surface area contributed by atoms with Crippen LogP contribution >= 0.6 is 0 Å². The number of carbonyl (C=O) groups is 1. The number of hydrogen-bond donors (Lipinski definition) is 0. The zero-order valence-electron chi connectivity index (χ0n) is 13.6. The Morgan fingerprint density at radius 3 is 2.91 bits per heavy atom. The summed E-state index contributed by atoms with van der Waals surface area (Å²) in [6.45, 7) is 2.94. The topological polar surface area (TPSA) is 59.2 Å². The zero-order valence-corrected chi connectivity index (χ0v) is 13.6. The van der Waals surface area contributed by atoms with Crippen LogP contribution in [0, 0.1) is 0 Å². The number of benzene rings is 1. The number of carbonyl (C=O) groups excluding carboxylic acids is 1. The molecule has 0 saturated carbocycles. The van der Waals surface area contributed by atoms with Crippen LogP contribution in [0.5, 0.6) is 0 Å².